The van der Waals surface area contributed by atoms with E-state index in [9.17, 15) is 0 Å². The van der Waals surface area contributed by atoms with Gasteiger partial charge in [-0.15, -0.1) is 0 Å². The van der Waals surface area contributed by atoms with E-state index in [0.717, 1.165) is 27.1 Å². The number of halogens is 1. The van der Waals surface area contributed by atoms with Gasteiger partial charge >= 0.3 is 0 Å². The summed E-state index contributed by atoms with van der Waals surface area (Å²) in [6, 6.07) is 13.2. The second-order valence-corrected chi connectivity index (χ2v) is 4.96. The Hall–Kier alpha value is -1.52. The number of aliphatic hydroxyl groups excluding tert-OH is 1. The van der Waals surface area contributed by atoms with Gasteiger partial charge in [0.1, 0.15) is 18.1 Å². The molecule has 2 rings (SSSR count). The Bertz CT molecular complexity index is 538. The summed E-state index contributed by atoms with van der Waals surface area (Å²) in [7, 11) is 1.64. The first-order chi connectivity index (χ1) is 9.22. The molecule has 0 amide bonds. The molecule has 0 aliphatic rings. The van der Waals surface area contributed by atoms with Crippen LogP contribution in [0.15, 0.2) is 46.9 Å². The van der Waals surface area contributed by atoms with Crippen LogP contribution in [0.5, 0.6) is 11.5 Å². The fourth-order valence-corrected chi connectivity index (χ4v) is 2.12. The molecule has 0 spiro atoms. The van der Waals surface area contributed by atoms with Gasteiger partial charge in [-0.1, -0.05) is 28.1 Å². The third kappa shape index (κ3) is 3.72. The SMILES string of the molecule is COc1ccc(Br)cc1COc1ccc(CO)cc1. The van der Waals surface area contributed by atoms with Crippen molar-refractivity contribution in [3.8, 4) is 11.5 Å². The summed E-state index contributed by atoms with van der Waals surface area (Å²) in [4.78, 5) is 0. The van der Waals surface area contributed by atoms with E-state index in [1.54, 1.807) is 7.11 Å². The zero-order valence-corrected chi connectivity index (χ0v) is 12.2. The molecule has 0 atom stereocenters. The highest BCUT2D eigenvalue weighted by atomic mass is 79.9. The van der Waals surface area contributed by atoms with Gasteiger partial charge in [-0.05, 0) is 35.9 Å². The van der Waals surface area contributed by atoms with Gasteiger partial charge in [0.05, 0.1) is 13.7 Å². The zero-order valence-electron chi connectivity index (χ0n) is 10.6. The van der Waals surface area contributed by atoms with E-state index >= 15 is 0 Å². The predicted molar refractivity (Wildman–Crippen MR) is 77.4 cm³/mol. The summed E-state index contributed by atoms with van der Waals surface area (Å²) >= 11 is 3.43. The summed E-state index contributed by atoms with van der Waals surface area (Å²) < 4.78 is 12.0. The average Bonchev–Trinajstić information content (AvgIpc) is 2.46. The van der Waals surface area contributed by atoms with Crippen molar-refractivity contribution >= 4 is 15.9 Å². The first-order valence-corrected chi connectivity index (χ1v) is 6.67. The molecule has 4 heteroatoms. The van der Waals surface area contributed by atoms with Crippen LogP contribution in [-0.4, -0.2) is 12.2 Å². The third-order valence-electron chi connectivity index (χ3n) is 2.74. The first-order valence-electron chi connectivity index (χ1n) is 5.88. The fourth-order valence-electron chi connectivity index (χ4n) is 1.71. The number of hydrogen-bond acceptors (Lipinski definition) is 3. The molecule has 0 saturated carbocycles. The Morgan fingerprint density at radius 3 is 2.47 bits per heavy atom. The molecule has 0 bridgehead atoms. The summed E-state index contributed by atoms with van der Waals surface area (Å²) in [6.07, 6.45) is 0. The molecule has 2 aromatic carbocycles. The standard InChI is InChI=1S/C15H15BrO3/c1-18-15-7-4-13(16)8-12(15)10-19-14-5-2-11(9-17)3-6-14/h2-8,17H,9-10H2,1H3. The van der Waals surface area contributed by atoms with Crippen LogP contribution >= 0.6 is 15.9 Å². The molecule has 0 fully saturated rings. The summed E-state index contributed by atoms with van der Waals surface area (Å²) in [6.45, 7) is 0.473. The normalized spacial score (nSPS) is 10.3. The molecule has 0 saturated heterocycles. The first kappa shape index (κ1) is 13.9. The van der Waals surface area contributed by atoms with Crippen LogP contribution in [-0.2, 0) is 13.2 Å². The van der Waals surface area contributed by atoms with Gasteiger partial charge in [-0.3, -0.25) is 0 Å². The highest BCUT2D eigenvalue weighted by molar-refractivity contribution is 9.10. The summed E-state index contributed by atoms with van der Waals surface area (Å²) in [5.41, 5.74) is 1.84. The molecule has 0 aliphatic carbocycles. The van der Waals surface area contributed by atoms with Crippen molar-refractivity contribution in [2.45, 2.75) is 13.2 Å². The lowest BCUT2D eigenvalue weighted by Crippen LogP contribution is -1.99. The average molecular weight is 323 g/mol. The van der Waals surface area contributed by atoms with E-state index in [2.05, 4.69) is 15.9 Å². The molecule has 0 radical (unpaired) electrons. The van der Waals surface area contributed by atoms with Crippen LogP contribution in [0.2, 0.25) is 0 Å². The molecule has 0 unspecified atom stereocenters. The lowest BCUT2D eigenvalue weighted by molar-refractivity contribution is 0.280. The molecule has 100 valence electrons. The van der Waals surface area contributed by atoms with Crippen molar-refractivity contribution in [3.05, 3.63) is 58.1 Å². The monoisotopic (exact) mass is 322 g/mol. The quantitative estimate of drug-likeness (QED) is 0.915. The fraction of sp³-hybridized carbons (Fsp3) is 0.200. The highest BCUT2D eigenvalue weighted by Crippen LogP contribution is 2.24. The molecule has 19 heavy (non-hydrogen) atoms. The van der Waals surface area contributed by atoms with Crippen LogP contribution in [0.25, 0.3) is 0 Å². The lowest BCUT2D eigenvalue weighted by atomic mass is 10.2. The Morgan fingerprint density at radius 2 is 1.84 bits per heavy atom. The molecule has 2 aromatic rings. The smallest absolute Gasteiger partial charge is 0.125 e. The van der Waals surface area contributed by atoms with Crippen LogP contribution in [0, 0.1) is 0 Å². The molecule has 1 N–H and O–H groups in total. The number of aliphatic hydroxyl groups is 1. The number of methoxy groups -OCH3 is 1. The van der Waals surface area contributed by atoms with Crippen molar-refractivity contribution in [2.24, 2.45) is 0 Å². The Morgan fingerprint density at radius 1 is 1.11 bits per heavy atom. The molecule has 3 nitrogen and oxygen atoms in total. The summed E-state index contributed by atoms with van der Waals surface area (Å²) in [5, 5.41) is 8.97. The van der Waals surface area contributed by atoms with Gasteiger partial charge < -0.3 is 14.6 Å². The minimum atomic E-state index is 0.0414. The maximum absolute atomic E-state index is 8.97. The van der Waals surface area contributed by atoms with Crippen molar-refractivity contribution in [1.29, 1.82) is 0 Å². The van der Waals surface area contributed by atoms with Gasteiger partial charge in [-0.2, -0.15) is 0 Å². The Kier molecular flexibility index (Phi) is 4.82. The molecular weight excluding hydrogens is 308 g/mol. The Labute approximate surface area is 120 Å². The van der Waals surface area contributed by atoms with Crippen molar-refractivity contribution in [2.75, 3.05) is 7.11 Å². The number of rotatable bonds is 5. The molecule has 0 aliphatic heterocycles. The van der Waals surface area contributed by atoms with Crippen LogP contribution in [0.3, 0.4) is 0 Å². The zero-order chi connectivity index (χ0) is 13.7. The van der Waals surface area contributed by atoms with E-state index in [4.69, 9.17) is 14.6 Å². The van der Waals surface area contributed by atoms with E-state index in [1.165, 1.54) is 0 Å². The highest BCUT2D eigenvalue weighted by Gasteiger charge is 2.05. The number of hydrogen-bond donors (Lipinski definition) is 1. The maximum Gasteiger partial charge on any atom is 0.125 e. The molecular formula is C15H15BrO3. The number of benzene rings is 2. The van der Waals surface area contributed by atoms with Gasteiger partial charge in [0.25, 0.3) is 0 Å². The van der Waals surface area contributed by atoms with Crippen LogP contribution < -0.4 is 9.47 Å². The van der Waals surface area contributed by atoms with Gasteiger partial charge in [0.2, 0.25) is 0 Å². The van der Waals surface area contributed by atoms with Gasteiger partial charge in [0.15, 0.2) is 0 Å². The number of ether oxygens (including phenoxy) is 2. The minimum Gasteiger partial charge on any atom is -0.496 e. The van der Waals surface area contributed by atoms with E-state index in [1.807, 2.05) is 42.5 Å². The van der Waals surface area contributed by atoms with E-state index in [0.29, 0.717) is 6.61 Å². The van der Waals surface area contributed by atoms with Crippen LogP contribution in [0.4, 0.5) is 0 Å². The van der Waals surface area contributed by atoms with E-state index in [-0.39, 0.29) is 6.61 Å². The van der Waals surface area contributed by atoms with Crippen molar-refractivity contribution in [3.63, 3.8) is 0 Å². The predicted octanol–water partition coefficient (Wildman–Crippen LogP) is 3.53. The third-order valence-corrected chi connectivity index (χ3v) is 3.24. The van der Waals surface area contributed by atoms with Crippen molar-refractivity contribution in [1.82, 2.24) is 0 Å². The van der Waals surface area contributed by atoms with E-state index < -0.39 is 0 Å². The second kappa shape index (κ2) is 6.59. The maximum atomic E-state index is 8.97. The summed E-state index contributed by atoms with van der Waals surface area (Å²) in [5.74, 6) is 1.56. The minimum absolute atomic E-state index is 0.0414. The van der Waals surface area contributed by atoms with Crippen molar-refractivity contribution < 1.29 is 14.6 Å². The topological polar surface area (TPSA) is 38.7 Å². The largest absolute Gasteiger partial charge is 0.496 e. The Balaban J connectivity index is 2.07. The lowest BCUT2D eigenvalue weighted by Gasteiger charge is -2.11. The van der Waals surface area contributed by atoms with Gasteiger partial charge in [-0.25, -0.2) is 0 Å². The van der Waals surface area contributed by atoms with Gasteiger partial charge in [0, 0.05) is 10.0 Å². The van der Waals surface area contributed by atoms with Crippen LogP contribution in [0.1, 0.15) is 11.1 Å². The molecule has 0 aromatic heterocycles. The second-order valence-electron chi connectivity index (χ2n) is 4.05. The molecule has 0 heterocycles.